The average molecular weight is 801 g/mol. The summed E-state index contributed by atoms with van der Waals surface area (Å²) in [5.41, 5.74) is 4.80. The van der Waals surface area contributed by atoms with Crippen molar-refractivity contribution >= 4 is 68.6 Å². The molecule has 0 aliphatic carbocycles. The maximum atomic E-state index is 14.1. The number of hydrogen-bond acceptors (Lipinski definition) is 7. The fourth-order valence-electron chi connectivity index (χ4n) is 4.67. The second-order valence-corrected chi connectivity index (χ2v) is 13.0. The smallest absolute Gasteiger partial charge is 0.338 e. The first-order chi connectivity index (χ1) is 20.2. The van der Waals surface area contributed by atoms with Crippen molar-refractivity contribution in [3.63, 3.8) is 0 Å². The van der Waals surface area contributed by atoms with Gasteiger partial charge in [-0.1, -0.05) is 53.3 Å². The van der Waals surface area contributed by atoms with Crippen LogP contribution in [0.5, 0.6) is 5.75 Å². The third kappa shape index (κ3) is 6.23. The normalized spacial score (nSPS) is 14.7. The molecule has 1 aliphatic heterocycles. The third-order valence-electron chi connectivity index (χ3n) is 6.70. The molecule has 3 aromatic carbocycles. The number of allylic oxidation sites excluding steroid dienone is 1. The fourth-order valence-corrected chi connectivity index (χ4v) is 7.75. The van der Waals surface area contributed by atoms with Gasteiger partial charge in [0.05, 0.1) is 43.7 Å². The molecule has 0 saturated heterocycles. The number of carbonyl (C=O) groups excluding carboxylic acids is 1. The predicted octanol–water partition coefficient (Wildman–Crippen LogP) is 5.77. The molecule has 2 heterocycles. The van der Waals surface area contributed by atoms with Crippen molar-refractivity contribution in [3.05, 3.63) is 127 Å². The number of carbonyl (C=O) groups is 1. The highest BCUT2D eigenvalue weighted by Gasteiger charge is 2.33. The number of ether oxygens (including phenoxy) is 2. The Hall–Kier alpha value is -3.28. The number of fused-ring (bicyclic) bond motifs is 1. The molecule has 1 atom stereocenters. The van der Waals surface area contributed by atoms with E-state index in [9.17, 15) is 9.59 Å². The van der Waals surface area contributed by atoms with Crippen LogP contribution >= 0.6 is 56.5 Å². The van der Waals surface area contributed by atoms with E-state index >= 15 is 0 Å². The lowest BCUT2D eigenvalue weighted by Crippen LogP contribution is -2.39. The number of esters is 1. The first-order valence-corrected chi connectivity index (χ1v) is 16.0. The van der Waals surface area contributed by atoms with Gasteiger partial charge >= 0.3 is 5.97 Å². The standard InChI is InChI=1S/C32H25I2N3O4S/c1-4-40-31(39)27-19(3)36-32-37(28(27)22-11-5-18(2)6-12-22)30(38)26(42-32)14-23-13-24(33)15-25(34)29(23)41-17-21-9-7-20(16-35)8-10-21/h5-15,28H,4,17H2,1-3H3/b26-14-/t28-/m0/s1. The van der Waals surface area contributed by atoms with E-state index in [2.05, 4.69) is 56.2 Å². The van der Waals surface area contributed by atoms with E-state index in [0.29, 0.717) is 38.5 Å². The monoisotopic (exact) mass is 801 g/mol. The Morgan fingerprint density at radius 3 is 2.50 bits per heavy atom. The molecule has 1 aromatic heterocycles. The number of nitrogens with zero attached hydrogens (tertiary/aromatic N) is 3. The van der Waals surface area contributed by atoms with Crippen LogP contribution in [0.1, 0.15) is 47.7 Å². The predicted molar refractivity (Wildman–Crippen MR) is 179 cm³/mol. The molecular weight excluding hydrogens is 776 g/mol. The molecule has 4 aromatic rings. The zero-order chi connectivity index (χ0) is 30.0. The van der Waals surface area contributed by atoms with Gasteiger partial charge in [-0.05, 0) is 107 Å². The van der Waals surface area contributed by atoms with Crippen LogP contribution in [0.2, 0.25) is 0 Å². The summed E-state index contributed by atoms with van der Waals surface area (Å²) in [5, 5.41) is 9.09. The average Bonchev–Trinajstić information content (AvgIpc) is 3.26. The minimum absolute atomic E-state index is 0.219. The van der Waals surface area contributed by atoms with Crippen LogP contribution in [-0.4, -0.2) is 17.1 Å². The molecule has 0 saturated carbocycles. The molecule has 212 valence electrons. The van der Waals surface area contributed by atoms with Crippen molar-refractivity contribution in [2.24, 2.45) is 4.99 Å². The van der Waals surface area contributed by atoms with E-state index < -0.39 is 12.0 Å². The van der Waals surface area contributed by atoms with Gasteiger partial charge in [-0.2, -0.15) is 5.26 Å². The maximum Gasteiger partial charge on any atom is 0.338 e. The fraction of sp³-hybridized carbons (Fsp3) is 0.188. The van der Waals surface area contributed by atoms with Crippen LogP contribution in [0, 0.1) is 25.4 Å². The van der Waals surface area contributed by atoms with Gasteiger partial charge < -0.3 is 9.47 Å². The van der Waals surface area contributed by atoms with Crippen molar-refractivity contribution in [2.45, 2.75) is 33.4 Å². The number of rotatable bonds is 7. The molecule has 0 N–H and O–H groups in total. The van der Waals surface area contributed by atoms with E-state index in [4.69, 9.17) is 14.7 Å². The van der Waals surface area contributed by atoms with Crippen LogP contribution in [0.4, 0.5) is 0 Å². The molecule has 0 spiro atoms. The number of nitriles is 1. The van der Waals surface area contributed by atoms with Gasteiger partial charge in [-0.25, -0.2) is 9.79 Å². The minimum Gasteiger partial charge on any atom is -0.487 e. The molecule has 42 heavy (non-hydrogen) atoms. The molecule has 0 unspecified atom stereocenters. The van der Waals surface area contributed by atoms with E-state index in [1.165, 1.54) is 11.3 Å². The number of benzene rings is 3. The topological polar surface area (TPSA) is 93.7 Å². The molecule has 0 fully saturated rings. The van der Waals surface area contributed by atoms with Crippen molar-refractivity contribution < 1.29 is 14.3 Å². The summed E-state index contributed by atoms with van der Waals surface area (Å²) in [5.74, 6) is 0.175. The van der Waals surface area contributed by atoms with Crippen molar-refractivity contribution in [1.29, 1.82) is 5.26 Å². The van der Waals surface area contributed by atoms with Gasteiger partial charge in [0.25, 0.3) is 5.56 Å². The van der Waals surface area contributed by atoms with Crippen LogP contribution in [-0.2, 0) is 16.1 Å². The lowest BCUT2D eigenvalue weighted by molar-refractivity contribution is -0.139. The van der Waals surface area contributed by atoms with E-state index in [1.807, 2.05) is 61.5 Å². The SMILES string of the molecule is CCOC(=O)C1=C(C)N=c2s/c(=C\c3cc(I)cc(I)c3OCc3ccc(C#N)cc3)c(=O)n2[C@H]1c1ccc(C)cc1. The summed E-state index contributed by atoms with van der Waals surface area (Å²) in [6, 6.07) is 20.5. The molecule has 0 radical (unpaired) electrons. The second-order valence-electron chi connectivity index (χ2n) is 9.62. The summed E-state index contributed by atoms with van der Waals surface area (Å²) in [6.45, 7) is 6.05. The summed E-state index contributed by atoms with van der Waals surface area (Å²) in [6.07, 6.45) is 1.83. The van der Waals surface area contributed by atoms with E-state index in [1.54, 1.807) is 30.5 Å². The Morgan fingerprint density at radius 2 is 1.83 bits per heavy atom. The summed E-state index contributed by atoms with van der Waals surface area (Å²) < 4.78 is 15.6. The van der Waals surface area contributed by atoms with Crippen LogP contribution in [0.15, 0.2) is 81.7 Å². The molecular formula is C32H25I2N3O4S. The van der Waals surface area contributed by atoms with Gasteiger partial charge in [-0.15, -0.1) is 0 Å². The highest BCUT2D eigenvalue weighted by Crippen LogP contribution is 2.32. The van der Waals surface area contributed by atoms with E-state index in [-0.39, 0.29) is 12.2 Å². The lowest BCUT2D eigenvalue weighted by Gasteiger charge is -2.24. The number of halogens is 2. The zero-order valence-corrected chi connectivity index (χ0v) is 28.1. The maximum absolute atomic E-state index is 14.1. The number of aromatic nitrogens is 1. The molecule has 0 bridgehead atoms. The molecule has 5 rings (SSSR count). The Morgan fingerprint density at radius 1 is 1.12 bits per heavy atom. The first kappa shape index (κ1) is 30.2. The highest BCUT2D eigenvalue weighted by molar-refractivity contribution is 14.1. The van der Waals surface area contributed by atoms with Gasteiger partial charge in [0, 0.05) is 9.13 Å². The Labute approximate surface area is 274 Å². The summed E-state index contributed by atoms with van der Waals surface area (Å²) >= 11 is 5.77. The first-order valence-electron chi connectivity index (χ1n) is 13.1. The molecule has 0 amide bonds. The number of aryl methyl sites for hydroxylation is 1. The van der Waals surface area contributed by atoms with Gasteiger partial charge in [0.2, 0.25) is 0 Å². The van der Waals surface area contributed by atoms with Crippen molar-refractivity contribution in [1.82, 2.24) is 4.57 Å². The number of hydrogen-bond donors (Lipinski definition) is 0. The zero-order valence-electron chi connectivity index (χ0n) is 23.0. The van der Waals surface area contributed by atoms with E-state index in [0.717, 1.165) is 29.4 Å². The largest absolute Gasteiger partial charge is 0.487 e. The Kier molecular flexibility index (Phi) is 9.29. The van der Waals surface area contributed by atoms with Crippen LogP contribution in [0.3, 0.4) is 0 Å². The Bertz CT molecular complexity index is 1940. The van der Waals surface area contributed by atoms with Gasteiger partial charge in [0.15, 0.2) is 4.80 Å². The molecule has 10 heteroatoms. The Balaban J connectivity index is 1.62. The second kappa shape index (κ2) is 12.9. The quantitative estimate of drug-likeness (QED) is 0.175. The summed E-state index contributed by atoms with van der Waals surface area (Å²) in [7, 11) is 0. The van der Waals surface area contributed by atoms with Crippen LogP contribution < -0.4 is 19.6 Å². The third-order valence-corrected chi connectivity index (χ3v) is 9.11. The van der Waals surface area contributed by atoms with Gasteiger partial charge in [0.1, 0.15) is 12.4 Å². The molecule has 7 nitrogen and oxygen atoms in total. The lowest BCUT2D eigenvalue weighted by atomic mass is 9.95. The van der Waals surface area contributed by atoms with Gasteiger partial charge in [-0.3, -0.25) is 9.36 Å². The van der Waals surface area contributed by atoms with Crippen molar-refractivity contribution in [3.8, 4) is 11.8 Å². The molecule has 1 aliphatic rings. The number of thiazole rings is 1. The summed E-state index contributed by atoms with van der Waals surface area (Å²) in [4.78, 5) is 32.4. The minimum atomic E-state index is -0.661. The van der Waals surface area contributed by atoms with Crippen LogP contribution in [0.25, 0.3) is 6.08 Å². The highest BCUT2D eigenvalue weighted by atomic mass is 127. The van der Waals surface area contributed by atoms with Crippen molar-refractivity contribution in [2.75, 3.05) is 6.61 Å².